The molecule has 0 aromatic heterocycles. The predicted octanol–water partition coefficient (Wildman–Crippen LogP) is 3.79. The Morgan fingerprint density at radius 1 is 1.03 bits per heavy atom. The van der Waals surface area contributed by atoms with Gasteiger partial charge in [0.05, 0.1) is 7.11 Å². The number of benzene rings is 1. The fraction of sp³-hybridized carbons (Fsp3) is 0.412. The van der Waals surface area contributed by atoms with Crippen LogP contribution in [0.4, 0.5) is 26.3 Å². The normalized spacial score (nSPS) is 17.9. The number of methoxy groups -OCH3 is 1. The van der Waals surface area contributed by atoms with E-state index in [1.165, 1.54) is 13.8 Å². The number of cyclic esters (lactones) is 2. The number of esters is 2. The van der Waals surface area contributed by atoms with Gasteiger partial charge in [-0.2, -0.15) is 22.0 Å². The van der Waals surface area contributed by atoms with Gasteiger partial charge >= 0.3 is 24.2 Å². The zero-order valence-electron chi connectivity index (χ0n) is 15.1. The van der Waals surface area contributed by atoms with E-state index < -0.39 is 53.3 Å². The minimum Gasteiger partial charge on any atom is -0.493 e. The van der Waals surface area contributed by atoms with Crippen molar-refractivity contribution in [3.63, 3.8) is 0 Å². The molecule has 12 heteroatoms. The summed E-state index contributed by atoms with van der Waals surface area (Å²) in [6.45, 7) is 2.65. The van der Waals surface area contributed by atoms with E-state index >= 15 is 0 Å². The fourth-order valence-corrected chi connectivity index (χ4v) is 2.19. The monoisotopic (exact) mass is 428 g/mol. The van der Waals surface area contributed by atoms with Gasteiger partial charge in [0.25, 0.3) is 12.0 Å². The van der Waals surface area contributed by atoms with Crippen LogP contribution >= 0.6 is 0 Å². The lowest BCUT2D eigenvalue weighted by atomic mass is 10.1. The number of carbonyl (C=O) groups excluding carboxylic acids is 2. The van der Waals surface area contributed by atoms with Gasteiger partial charge in [0.1, 0.15) is 5.57 Å². The maximum absolute atomic E-state index is 13.5. The number of halogens is 6. The molecule has 0 aliphatic carbocycles. The number of hydrogen-bond acceptors (Lipinski definition) is 6. The third-order valence-electron chi connectivity index (χ3n) is 3.44. The Balaban J connectivity index is 2.32. The first-order valence-corrected chi connectivity index (χ1v) is 7.80. The molecule has 160 valence electrons. The van der Waals surface area contributed by atoms with Crippen molar-refractivity contribution in [2.24, 2.45) is 0 Å². The van der Waals surface area contributed by atoms with E-state index in [1.807, 2.05) is 0 Å². The summed E-state index contributed by atoms with van der Waals surface area (Å²) in [6, 6.07) is 2.74. The molecular formula is C17H14F6O6. The van der Waals surface area contributed by atoms with Gasteiger partial charge in [-0.25, -0.2) is 14.0 Å². The molecule has 0 spiro atoms. The molecule has 1 heterocycles. The van der Waals surface area contributed by atoms with Crippen LogP contribution in [0.3, 0.4) is 0 Å². The highest BCUT2D eigenvalue weighted by Gasteiger charge is 2.59. The summed E-state index contributed by atoms with van der Waals surface area (Å²) in [7, 11) is 0.986. The lowest BCUT2D eigenvalue weighted by Crippen LogP contribution is -2.45. The van der Waals surface area contributed by atoms with Crippen LogP contribution in [0.25, 0.3) is 6.08 Å². The summed E-state index contributed by atoms with van der Waals surface area (Å²) in [5, 5.41) is 0. The molecule has 1 saturated heterocycles. The average molecular weight is 428 g/mol. The van der Waals surface area contributed by atoms with Gasteiger partial charge < -0.3 is 18.9 Å². The van der Waals surface area contributed by atoms with Gasteiger partial charge in [-0.3, -0.25) is 0 Å². The summed E-state index contributed by atoms with van der Waals surface area (Å²) < 4.78 is 94.9. The van der Waals surface area contributed by atoms with Crippen LogP contribution in [0.5, 0.6) is 11.5 Å². The minimum atomic E-state index is -5.85. The number of rotatable bonds is 5. The molecule has 1 aliphatic heterocycles. The zero-order valence-corrected chi connectivity index (χ0v) is 15.1. The topological polar surface area (TPSA) is 71.1 Å². The summed E-state index contributed by atoms with van der Waals surface area (Å²) >= 11 is 0. The largest absolute Gasteiger partial charge is 0.493 e. The average Bonchev–Trinajstić information content (AvgIpc) is 2.56. The first-order chi connectivity index (χ1) is 13.2. The molecule has 29 heavy (non-hydrogen) atoms. The molecule has 1 aliphatic rings. The molecule has 0 saturated carbocycles. The molecule has 1 aromatic rings. The van der Waals surface area contributed by atoms with Crippen LogP contribution in [0.15, 0.2) is 23.8 Å². The highest BCUT2D eigenvalue weighted by molar-refractivity contribution is 6.18. The second-order valence-electron chi connectivity index (χ2n) is 6.22. The maximum atomic E-state index is 13.5. The van der Waals surface area contributed by atoms with Crippen LogP contribution in [0.1, 0.15) is 19.4 Å². The Hall–Kier alpha value is -2.92. The molecule has 0 radical (unpaired) electrons. The summed E-state index contributed by atoms with van der Waals surface area (Å²) in [6.07, 6.45) is -14.7. The van der Waals surface area contributed by atoms with Crippen LogP contribution in [-0.2, 0) is 19.1 Å². The molecule has 0 N–H and O–H groups in total. The van der Waals surface area contributed by atoms with Crippen molar-refractivity contribution < 1.29 is 54.9 Å². The number of ether oxygens (including phenoxy) is 4. The van der Waals surface area contributed by atoms with Crippen LogP contribution in [0.2, 0.25) is 0 Å². The first-order valence-electron chi connectivity index (χ1n) is 7.80. The van der Waals surface area contributed by atoms with Crippen molar-refractivity contribution in [3.8, 4) is 11.5 Å². The van der Waals surface area contributed by atoms with Gasteiger partial charge in [0.2, 0.25) is 0 Å². The Morgan fingerprint density at radius 3 is 2.07 bits per heavy atom. The zero-order chi connectivity index (χ0) is 22.2. The third-order valence-corrected chi connectivity index (χ3v) is 3.44. The van der Waals surface area contributed by atoms with Crippen molar-refractivity contribution >= 4 is 18.0 Å². The van der Waals surface area contributed by atoms with E-state index in [0.717, 1.165) is 31.4 Å². The third kappa shape index (κ3) is 5.12. The number of hydrogen-bond donors (Lipinski definition) is 0. The van der Waals surface area contributed by atoms with Crippen LogP contribution < -0.4 is 9.47 Å². The standard InChI is InChI=1S/C17H14F6O6/c1-15(2)28-12(24)9(13(25)29-15)6-8-4-5-10(11(7-8)26-3)27-17(22,23)14(18)16(19,20)21/h4-7,14H,1-3H3. The predicted molar refractivity (Wildman–Crippen MR) is 83.8 cm³/mol. The quantitative estimate of drug-likeness (QED) is 0.308. The molecular weight excluding hydrogens is 414 g/mol. The minimum absolute atomic E-state index is 0.0359. The van der Waals surface area contributed by atoms with Gasteiger partial charge in [-0.1, -0.05) is 6.07 Å². The SMILES string of the molecule is COc1cc(C=C2C(=O)OC(C)(C)OC2=O)ccc1OC(F)(F)C(F)C(F)(F)F. The van der Waals surface area contributed by atoms with Crippen molar-refractivity contribution in [2.45, 2.75) is 38.1 Å². The lowest BCUT2D eigenvalue weighted by Gasteiger charge is -2.29. The molecule has 1 unspecified atom stereocenters. The molecule has 0 bridgehead atoms. The van der Waals surface area contributed by atoms with E-state index in [9.17, 15) is 35.9 Å². The smallest absolute Gasteiger partial charge is 0.439 e. The van der Waals surface area contributed by atoms with E-state index in [2.05, 4.69) is 4.74 Å². The molecule has 6 nitrogen and oxygen atoms in total. The fourth-order valence-electron chi connectivity index (χ4n) is 2.19. The molecule has 2 rings (SSSR count). The second kappa shape index (κ2) is 7.48. The van der Waals surface area contributed by atoms with Gasteiger partial charge in [0.15, 0.2) is 11.5 Å². The van der Waals surface area contributed by atoms with Crippen molar-refractivity contribution in [3.05, 3.63) is 29.3 Å². The van der Waals surface area contributed by atoms with Gasteiger partial charge in [0, 0.05) is 13.8 Å². The Kier molecular flexibility index (Phi) is 5.77. The number of carbonyl (C=O) groups is 2. The summed E-state index contributed by atoms with van der Waals surface area (Å²) in [5.41, 5.74) is -0.486. The van der Waals surface area contributed by atoms with E-state index in [4.69, 9.17) is 14.2 Å². The Labute approximate surface area is 160 Å². The molecule has 1 aromatic carbocycles. The molecule has 1 fully saturated rings. The Bertz CT molecular complexity index is 823. The number of alkyl halides is 6. The first kappa shape index (κ1) is 22.4. The van der Waals surface area contributed by atoms with Crippen LogP contribution in [-0.4, -0.2) is 43.3 Å². The highest BCUT2D eigenvalue weighted by Crippen LogP contribution is 2.39. The van der Waals surface area contributed by atoms with Gasteiger partial charge in [-0.15, -0.1) is 0 Å². The van der Waals surface area contributed by atoms with E-state index in [-0.39, 0.29) is 5.56 Å². The Morgan fingerprint density at radius 2 is 1.59 bits per heavy atom. The van der Waals surface area contributed by atoms with E-state index in [1.54, 1.807) is 0 Å². The lowest BCUT2D eigenvalue weighted by molar-refractivity contribution is -0.305. The van der Waals surface area contributed by atoms with Crippen molar-refractivity contribution in [2.75, 3.05) is 7.11 Å². The highest BCUT2D eigenvalue weighted by atomic mass is 19.4. The summed E-state index contributed by atoms with van der Waals surface area (Å²) in [4.78, 5) is 23.8. The van der Waals surface area contributed by atoms with E-state index in [0.29, 0.717) is 0 Å². The van der Waals surface area contributed by atoms with Crippen molar-refractivity contribution in [1.29, 1.82) is 0 Å². The van der Waals surface area contributed by atoms with Crippen molar-refractivity contribution in [1.82, 2.24) is 0 Å². The summed E-state index contributed by atoms with van der Waals surface area (Å²) in [5.74, 6) is -4.91. The molecule has 0 amide bonds. The second-order valence-corrected chi connectivity index (χ2v) is 6.22. The van der Waals surface area contributed by atoms with Gasteiger partial charge in [-0.05, 0) is 23.8 Å². The maximum Gasteiger partial charge on any atom is 0.439 e. The van der Waals surface area contributed by atoms with Crippen LogP contribution in [0, 0.1) is 0 Å². The molecule has 1 atom stereocenters.